The lowest BCUT2D eigenvalue weighted by Crippen LogP contribution is -2.22. The van der Waals surface area contributed by atoms with Gasteiger partial charge in [-0.1, -0.05) is 6.92 Å². The topological polar surface area (TPSA) is 95.1 Å². The maximum atomic E-state index is 10.6. The van der Waals surface area contributed by atoms with Crippen LogP contribution in [0.4, 0.5) is 11.5 Å². The largest absolute Gasteiger partial charge is 0.369 e. The van der Waals surface area contributed by atoms with Gasteiger partial charge in [-0.15, -0.1) is 0 Å². The van der Waals surface area contributed by atoms with Gasteiger partial charge in [0.05, 0.1) is 4.92 Å². The van der Waals surface area contributed by atoms with E-state index in [2.05, 4.69) is 22.1 Å². The standard InChI is InChI=1S/C13H17N5O2/c1-2-17-4-3-10(9-17)7-15-13-11(6-14)5-12(8-16-13)18(19)20/h5,8,10H,2-4,7,9H2,1H3,(H,15,16). The van der Waals surface area contributed by atoms with Crippen molar-refractivity contribution in [3.05, 3.63) is 27.9 Å². The Labute approximate surface area is 117 Å². The van der Waals surface area contributed by atoms with Gasteiger partial charge in [-0.2, -0.15) is 5.26 Å². The minimum absolute atomic E-state index is 0.162. The first-order valence-corrected chi connectivity index (χ1v) is 6.64. The zero-order valence-electron chi connectivity index (χ0n) is 11.4. The molecule has 1 aliphatic rings. The quantitative estimate of drug-likeness (QED) is 0.648. The van der Waals surface area contributed by atoms with Crippen LogP contribution >= 0.6 is 0 Å². The lowest BCUT2D eigenvalue weighted by atomic mass is 10.1. The van der Waals surface area contributed by atoms with Gasteiger partial charge in [-0.25, -0.2) is 4.98 Å². The summed E-state index contributed by atoms with van der Waals surface area (Å²) in [5, 5.41) is 22.8. The number of hydrogen-bond acceptors (Lipinski definition) is 6. The number of nitrogens with zero attached hydrogens (tertiary/aromatic N) is 4. The Balaban J connectivity index is 2.00. The molecule has 1 aromatic rings. The zero-order valence-corrected chi connectivity index (χ0v) is 11.4. The minimum atomic E-state index is -0.548. The highest BCUT2D eigenvalue weighted by atomic mass is 16.6. The third-order valence-electron chi connectivity index (χ3n) is 3.58. The van der Waals surface area contributed by atoms with Gasteiger partial charge in [0.2, 0.25) is 0 Å². The van der Waals surface area contributed by atoms with Crippen LogP contribution in [0.3, 0.4) is 0 Å². The lowest BCUT2D eigenvalue weighted by molar-refractivity contribution is -0.385. The summed E-state index contributed by atoms with van der Waals surface area (Å²) in [6, 6.07) is 3.20. The summed E-state index contributed by atoms with van der Waals surface area (Å²) in [6.07, 6.45) is 2.30. The number of anilines is 1. The third-order valence-corrected chi connectivity index (χ3v) is 3.58. The summed E-state index contributed by atoms with van der Waals surface area (Å²) in [5.74, 6) is 0.950. The average Bonchev–Trinajstić information content (AvgIpc) is 2.92. The first-order valence-electron chi connectivity index (χ1n) is 6.64. The van der Waals surface area contributed by atoms with E-state index >= 15 is 0 Å². The van der Waals surface area contributed by atoms with Crippen molar-refractivity contribution in [2.24, 2.45) is 5.92 Å². The molecule has 20 heavy (non-hydrogen) atoms. The summed E-state index contributed by atoms with van der Waals surface area (Å²) in [7, 11) is 0. The second-order valence-electron chi connectivity index (χ2n) is 4.89. The molecule has 1 N–H and O–H groups in total. The van der Waals surface area contributed by atoms with E-state index < -0.39 is 4.92 Å². The fraction of sp³-hybridized carbons (Fsp3) is 0.538. The van der Waals surface area contributed by atoms with E-state index in [1.54, 1.807) is 0 Å². The molecule has 1 unspecified atom stereocenters. The van der Waals surface area contributed by atoms with E-state index in [1.807, 2.05) is 6.07 Å². The number of rotatable bonds is 5. The van der Waals surface area contributed by atoms with Crippen molar-refractivity contribution in [2.75, 3.05) is 31.5 Å². The average molecular weight is 275 g/mol. The third kappa shape index (κ3) is 3.22. The highest BCUT2D eigenvalue weighted by molar-refractivity contribution is 5.55. The van der Waals surface area contributed by atoms with Crippen molar-refractivity contribution >= 4 is 11.5 Å². The van der Waals surface area contributed by atoms with Crippen molar-refractivity contribution in [2.45, 2.75) is 13.3 Å². The van der Waals surface area contributed by atoms with Gasteiger partial charge in [-0.3, -0.25) is 10.1 Å². The molecule has 1 atom stereocenters. The maximum absolute atomic E-state index is 10.6. The Morgan fingerprint density at radius 2 is 2.50 bits per heavy atom. The van der Waals surface area contributed by atoms with Gasteiger partial charge in [0.1, 0.15) is 23.6 Å². The maximum Gasteiger partial charge on any atom is 0.289 e. The molecular formula is C13H17N5O2. The SMILES string of the molecule is CCN1CCC(CNc2ncc([N+](=O)[O-])cc2C#N)C1. The van der Waals surface area contributed by atoms with Crippen molar-refractivity contribution < 1.29 is 4.92 Å². The smallest absolute Gasteiger partial charge is 0.289 e. The van der Waals surface area contributed by atoms with Crippen LogP contribution in [-0.4, -0.2) is 41.0 Å². The molecular weight excluding hydrogens is 258 g/mol. The molecule has 0 amide bonds. The summed E-state index contributed by atoms with van der Waals surface area (Å²) in [6.45, 7) is 6.06. The van der Waals surface area contributed by atoms with Crippen LogP contribution in [-0.2, 0) is 0 Å². The van der Waals surface area contributed by atoms with Crippen LogP contribution in [0.2, 0.25) is 0 Å². The van der Waals surface area contributed by atoms with Crippen molar-refractivity contribution in [3.8, 4) is 6.07 Å². The van der Waals surface area contributed by atoms with Crippen LogP contribution in [0.15, 0.2) is 12.3 Å². The predicted molar refractivity (Wildman–Crippen MR) is 74.3 cm³/mol. The van der Waals surface area contributed by atoms with Crippen molar-refractivity contribution in [1.82, 2.24) is 9.88 Å². The van der Waals surface area contributed by atoms with Crippen LogP contribution < -0.4 is 5.32 Å². The van der Waals surface area contributed by atoms with Gasteiger partial charge in [0, 0.05) is 19.2 Å². The van der Waals surface area contributed by atoms with Gasteiger partial charge < -0.3 is 10.2 Å². The van der Waals surface area contributed by atoms with Crippen LogP contribution in [0, 0.1) is 27.4 Å². The van der Waals surface area contributed by atoms with Crippen LogP contribution in [0.5, 0.6) is 0 Å². The van der Waals surface area contributed by atoms with E-state index in [9.17, 15) is 10.1 Å². The van der Waals surface area contributed by atoms with Crippen molar-refractivity contribution in [3.63, 3.8) is 0 Å². The number of pyridine rings is 1. The number of nitro groups is 1. The molecule has 106 valence electrons. The van der Waals surface area contributed by atoms with E-state index in [4.69, 9.17) is 5.26 Å². The number of likely N-dealkylation sites (tertiary alicyclic amines) is 1. The van der Waals surface area contributed by atoms with Crippen molar-refractivity contribution in [1.29, 1.82) is 5.26 Å². The predicted octanol–water partition coefficient (Wildman–Crippen LogP) is 1.62. The molecule has 1 fully saturated rings. The molecule has 1 saturated heterocycles. The van der Waals surface area contributed by atoms with E-state index in [0.29, 0.717) is 11.7 Å². The molecule has 2 rings (SSSR count). The summed E-state index contributed by atoms with van der Waals surface area (Å²) in [5.41, 5.74) is 0.0506. The number of aromatic nitrogens is 1. The molecule has 0 aliphatic carbocycles. The van der Waals surface area contributed by atoms with Gasteiger partial charge in [0.15, 0.2) is 0 Å². The molecule has 0 aromatic carbocycles. The number of hydrogen-bond donors (Lipinski definition) is 1. The number of nitriles is 1. The van der Waals surface area contributed by atoms with E-state index in [-0.39, 0.29) is 11.3 Å². The first kappa shape index (κ1) is 14.2. The molecule has 0 spiro atoms. The Bertz CT molecular complexity index is 540. The normalized spacial score (nSPS) is 18.7. The molecule has 7 heteroatoms. The van der Waals surface area contributed by atoms with Gasteiger partial charge in [-0.05, 0) is 25.4 Å². The zero-order chi connectivity index (χ0) is 14.5. The molecule has 1 aliphatic heterocycles. The van der Waals surface area contributed by atoms with E-state index in [1.165, 1.54) is 12.3 Å². The lowest BCUT2D eigenvalue weighted by Gasteiger charge is -2.14. The molecule has 1 aromatic heterocycles. The molecule has 0 bridgehead atoms. The molecule has 7 nitrogen and oxygen atoms in total. The van der Waals surface area contributed by atoms with Gasteiger partial charge in [0.25, 0.3) is 5.69 Å². The summed E-state index contributed by atoms with van der Waals surface area (Å²) in [4.78, 5) is 16.5. The molecule has 2 heterocycles. The highest BCUT2D eigenvalue weighted by Gasteiger charge is 2.21. The Morgan fingerprint density at radius 1 is 1.70 bits per heavy atom. The van der Waals surface area contributed by atoms with Crippen LogP contribution in [0.25, 0.3) is 0 Å². The second-order valence-corrected chi connectivity index (χ2v) is 4.89. The molecule has 0 radical (unpaired) electrons. The summed E-state index contributed by atoms with van der Waals surface area (Å²) >= 11 is 0. The Kier molecular flexibility index (Phi) is 4.48. The van der Waals surface area contributed by atoms with E-state index in [0.717, 1.165) is 32.6 Å². The number of nitrogens with one attached hydrogen (secondary N) is 1. The molecule has 0 saturated carbocycles. The second kappa shape index (κ2) is 6.30. The minimum Gasteiger partial charge on any atom is -0.369 e. The Morgan fingerprint density at radius 3 is 3.10 bits per heavy atom. The first-order chi connectivity index (χ1) is 9.63. The summed E-state index contributed by atoms with van der Waals surface area (Å²) < 4.78 is 0. The fourth-order valence-corrected chi connectivity index (χ4v) is 2.39. The monoisotopic (exact) mass is 275 g/mol. The Hall–Kier alpha value is -2.20. The van der Waals surface area contributed by atoms with Gasteiger partial charge >= 0.3 is 0 Å². The van der Waals surface area contributed by atoms with Crippen LogP contribution in [0.1, 0.15) is 18.9 Å². The highest BCUT2D eigenvalue weighted by Crippen LogP contribution is 2.20. The fourth-order valence-electron chi connectivity index (χ4n) is 2.39.